The van der Waals surface area contributed by atoms with Crippen molar-refractivity contribution >= 4 is 11.7 Å². The average molecular weight is 277 g/mol. The minimum absolute atomic E-state index is 0. The molecule has 0 saturated carbocycles. The van der Waals surface area contributed by atoms with E-state index in [1.54, 1.807) is 18.6 Å². The fourth-order valence-corrected chi connectivity index (χ4v) is 2.10. The van der Waals surface area contributed by atoms with E-state index < -0.39 is 0 Å². The molecule has 0 bridgehead atoms. The Balaban J connectivity index is 0.00000220. The first kappa shape index (κ1) is 14.5. The van der Waals surface area contributed by atoms with Gasteiger partial charge in [0.25, 0.3) is 0 Å². The Morgan fingerprint density at radius 2 is 2.30 bits per heavy atom. The molecule has 1 aliphatic rings. The maximum atomic E-state index is 5.40. The lowest BCUT2D eigenvalue weighted by molar-refractivity contribution is 0.0564. The van der Waals surface area contributed by atoms with Crippen molar-refractivity contribution in [2.45, 2.75) is 13.8 Å². The number of allylic oxidation sites excluding steroid dienone is 1. The van der Waals surface area contributed by atoms with Gasteiger partial charge in [-0.3, -0.25) is 9.98 Å². The number of amidine groups is 1. The van der Waals surface area contributed by atoms with Gasteiger partial charge in [-0.25, -0.2) is 4.98 Å². The second kappa shape index (κ2) is 7.59. The first-order chi connectivity index (χ1) is 9.85. The van der Waals surface area contributed by atoms with E-state index in [0.29, 0.717) is 12.4 Å². The van der Waals surface area contributed by atoms with E-state index in [2.05, 4.69) is 31.3 Å². The maximum absolute atomic E-state index is 5.40. The third-order valence-corrected chi connectivity index (χ3v) is 2.99. The zero-order valence-electron chi connectivity index (χ0n) is 12.0. The lowest BCUT2D eigenvalue weighted by atomic mass is 10.3. The fraction of sp³-hybridized carbons (Fsp3) is 0.500. The van der Waals surface area contributed by atoms with Crippen molar-refractivity contribution in [3.63, 3.8) is 0 Å². The van der Waals surface area contributed by atoms with Crippen LogP contribution in [0.3, 0.4) is 0 Å². The quantitative estimate of drug-likeness (QED) is 0.671. The van der Waals surface area contributed by atoms with Gasteiger partial charge in [-0.1, -0.05) is 6.08 Å². The molecular weight excluding hydrogens is 254 g/mol. The van der Waals surface area contributed by atoms with Crippen LogP contribution in [0, 0.1) is 0 Å². The van der Waals surface area contributed by atoms with Crippen molar-refractivity contribution in [2.24, 2.45) is 4.99 Å². The molecule has 1 aromatic heterocycles. The zero-order valence-corrected chi connectivity index (χ0v) is 12.0. The Morgan fingerprint density at radius 3 is 2.90 bits per heavy atom. The first-order valence-electron chi connectivity index (χ1n) is 6.92. The molecule has 0 atom stereocenters. The lowest BCUT2D eigenvalue weighted by Crippen LogP contribution is -2.39. The summed E-state index contributed by atoms with van der Waals surface area (Å²) in [6, 6.07) is 0. The van der Waals surface area contributed by atoms with Gasteiger partial charge in [-0.15, -0.1) is 0 Å². The fourth-order valence-electron chi connectivity index (χ4n) is 2.10. The van der Waals surface area contributed by atoms with Crippen molar-refractivity contribution in [1.82, 2.24) is 14.9 Å². The number of nitrogens with zero attached hydrogens (tertiary/aromatic N) is 4. The summed E-state index contributed by atoms with van der Waals surface area (Å²) in [7, 11) is 0. The summed E-state index contributed by atoms with van der Waals surface area (Å²) < 4.78 is 5.40. The molecule has 20 heavy (non-hydrogen) atoms. The van der Waals surface area contributed by atoms with Crippen molar-refractivity contribution in [3.05, 3.63) is 30.4 Å². The van der Waals surface area contributed by atoms with Crippen LogP contribution in [0.15, 0.2) is 35.4 Å². The van der Waals surface area contributed by atoms with Gasteiger partial charge in [0, 0.05) is 33.5 Å². The topological polar surface area (TPSA) is 62.6 Å². The number of hydrogen-bond acceptors (Lipinski definition) is 5. The van der Waals surface area contributed by atoms with Gasteiger partial charge in [0.05, 0.1) is 25.1 Å². The number of aromatic nitrogens is 2. The predicted molar refractivity (Wildman–Crippen MR) is 81.9 cm³/mol. The van der Waals surface area contributed by atoms with Crippen LogP contribution in [0.25, 0.3) is 0 Å². The highest BCUT2D eigenvalue weighted by Gasteiger charge is 2.17. The molecule has 6 nitrogen and oxygen atoms in total. The molecule has 0 aromatic carbocycles. The van der Waals surface area contributed by atoms with Crippen molar-refractivity contribution < 1.29 is 6.16 Å². The Bertz CT molecular complexity index is 472. The molecule has 2 heterocycles. The molecule has 1 aliphatic heterocycles. The number of nitrogens with one attached hydrogen (secondary N) is 1. The molecule has 1 N–H and O–H groups in total. The Hall–Kier alpha value is -1.95. The second-order valence-electron chi connectivity index (χ2n) is 4.31. The van der Waals surface area contributed by atoms with Gasteiger partial charge in [0.2, 0.25) is 0 Å². The molecule has 110 valence electrons. The van der Waals surface area contributed by atoms with E-state index in [0.717, 1.165) is 37.8 Å². The van der Waals surface area contributed by atoms with Crippen LogP contribution in [0.5, 0.6) is 0 Å². The molecule has 6 heteroatoms. The molecule has 0 spiro atoms. The summed E-state index contributed by atoms with van der Waals surface area (Å²) >= 11 is 0. The molecular formula is C14H23N5O. The third-order valence-electron chi connectivity index (χ3n) is 2.99. The minimum atomic E-state index is 0. The predicted octanol–water partition coefficient (Wildman–Crippen LogP) is 1.79. The number of morpholine rings is 1. The largest absolute Gasteiger partial charge is 0.378 e. The van der Waals surface area contributed by atoms with Gasteiger partial charge in [0.15, 0.2) is 0 Å². The number of anilines is 1. The Labute approximate surface area is 121 Å². The molecule has 0 radical (unpaired) electrons. The molecule has 2 rings (SSSR count). The summed E-state index contributed by atoms with van der Waals surface area (Å²) in [5.41, 5.74) is 1.08. The summed E-state index contributed by atoms with van der Waals surface area (Å²) in [5, 5.41) is 3.25. The highest BCUT2D eigenvalue weighted by molar-refractivity contribution is 6.06. The molecule has 0 amide bonds. The van der Waals surface area contributed by atoms with Crippen LogP contribution in [0.1, 0.15) is 15.3 Å². The summed E-state index contributed by atoms with van der Waals surface area (Å²) in [6.45, 7) is 8.02. The van der Waals surface area contributed by atoms with Gasteiger partial charge in [-0.05, 0) is 13.8 Å². The monoisotopic (exact) mass is 277 g/mol. The van der Waals surface area contributed by atoms with Crippen molar-refractivity contribution in [3.8, 4) is 0 Å². The summed E-state index contributed by atoms with van der Waals surface area (Å²) in [4.78, 5) is 15.1. The number of aliphatic imine (C=N–C) groups is 1. The van der Waals surface area contributed by atoms with E-state index in [9.17, 15) is 0 Å². The number of ether oxygens (including phenoxy) is 1. The Morgan fingerprint density at radius 1 is 1.50 bits per heavy atom. The van der Waals surface area contributed by atoms with E-state index in [4.69, 9.17) is 4.74 Å². The minimum Gasteiger partial charge on any atom is -0.378 e. The molecule has 1 fully saturated rings. The summed E-state index contributed by atoms with van der Waals surface area (Å²) in [6.07, 6.45) is 7.08. The Kier molecular flexibility index (Phi) is 5.49. The van der Waals surface area contributed by atoms with Crippen molar-refractivity contribution in [2.75, 3.05) is 38.2 Å². The molecule has 1 aromatic rings. The number of hydrogen-bond donors (Lipinski definition) is 1. The van der Waals surface area contributed by atoms with Crippen LogP contribution in [0.4, 0.5) is 5.82 Å². The van der Waals surface area contributed by atoms with Gasteiger partial charge in [-0.2, -0.15) is 0 Å². The van der Waals surface area contributed by atoms with Gasteiger partial charge < -0.3 is 15.0 Å². The molecule has 1 saturated heterocycles. The van der Waals surface area contributed by atoms with Gasteiger partial charge in [0.1, 0.15) is 11.7 Å². The SMILES string of the molecule is C/C=C(\C(=NCC)Nc1cnccn1)N1CCOCC1.[HH]. The molecule has 0 unspecified atom stereocenters. The van der Waals surface area contributed by atoms with E-state index in [-0.39, 0.29) is 1.43 Å². The van der Waals surface area contributed by atoms with E-state index >= 15 is 0 Å². The third kappa shape index (κ3) is 3.77. The standard InChI is InChI=1S/C14H21N5O.H2/c1-3-12(19-7-9-20-10-8-19)14(16-4-2)18-13-11-15-5-6-17-13;/h3,5-6,11H,4,7-10H2,1-2H3,(H,16,17,18);1H/b12-3+;. The smallest absolute Gasteiger partial charge is 0.150 e. The number of rotatable bonds is 4. The normalized spacial score (nSPS) is 17.2. The van der Waals surface area contributed by atoms with Crippen LogP contribution >= 0.6 is 0 Å². The maximum Gasteiger partial charge on any atom is 0.150 e. The lowest BCUT2D eigenvalue weighted by Gasteiger charge is -2.31. The zero-order chi connectivity index (χ0) is 14.2. The van der Waals surface area contributed by atoms with Crippen LogP contribution < -0.4 is 5.32 Å². The molecule has 0 aliphatic carbocycles. The van der Waals surface area contributed by atoms with E-state index in [1.165, 1.54) is 0 Å². The van der Waals surface area contributed by atoms with Gasteiger partial charge >= 0.3 is 0 Å². The van der Waals surface area contributed by atoms with E-state index in [1.807, 2.05) is 13.8 Å². The second-order valence-corrected chi connectivity index (χ2v) is 4.31. The average Bonchev–Trinajstić information content (AvgIpc) is 2.50. The van der Waals surface area contributed by atoms with Crippen molar-refractivity contribution in [1.29, 1.82) is 0 Å². The van der Waals surface area contributed by atoms with Crippen LogP contribution in [-0.4, -0.2) is 53.6 Å². The van der Waals surface area contributed by atoms with Crippen LogP contribution in [0.2, 0.25) is 0 Å². The first-order valence-corrected chi connectivity index (χ1v) is 6.92. The summed E-state index contributed by atoms with van der Waals surface area (Å²) in [5.74, 6) is 1.53. The highest BCUT2D eigenvalue weighted by Crippen LogP contribution is 2.12. The van der Waals surface area contributed by atoms with Crippen LogP contribution in [-0.2, 0) is 4.74 Å². The highest BCUT2D eigenvalue weighted by atomic mass is 16.5.